The fourth-order valence-corrected chi connectivity index (χ4v) is 4.62. The first-order chi connectivity index (χ1) is 16.3. The van der Waals surface area contributed by atoms with Crippen LogP contribution in [-0.4, -0.2) is 65.9 Å². The minimum Gasteiger partial charge on any atom is -0.481 e. The highest BCUT2D eigenvalue weighted by Gasteiger charge is 2.26. The van der Waals surface area contributed by atoms with Crippen LogP contribution in [0.1, 0.15) is 0 Å². The average Bonchev–Trinajstić information content (AvgIpc) is 3.43. The van der Waals surface area contributed by atoms with Crippen LogP contribution in [0, 0.1) is 0 Å². The number of hydrogen-bond acceptors (Lipinski definition) is 9. The summed E-state index contributed by atoms with van der Waals surface area (Å²) in [5.41, 5.74) is 1.43. The van der Waals surface area contributed by atoms with Gasteiger partial charge in [0.05, 0.1) is 31.0 Å². The monoisotopic (exact) mass is 511 g/mol. The van der Waals surface area contributed by atoms with Gasteiger partial charge in [0.1, 0.15) is 23.9 Å². The Labute approximate surface area is 198 Å². The van der Waals surface area contributed by atoms with Gasteiger partial charge >= 0.3 is 0 Å². The Hall–Kier alpha value is -3.65. The predicted molar refractivity (Wildman–Crippen MR) is 121 cm³/mol. The molecule has 1 aromatic carbocycles. The molecular weight excluding hydrogens is 493 g/mol. The largest absolute Gasteiger partial charge is 0.481 e. The smallest absolute Gasteiger partial charge is 0.266 e. The molecule has 2 N–H and O–H groups in total. The van der Waals surface area contributed by atoms with Crippen LogP contribution in [0.3, 0.4) is 0 Å². The molecule has 0 radical (unpaired) electrons. The third kappa shape index (κ3) is 4.28. The van der Waals surface area contributed by atoms with Gasteiger partial charge < -0.3 is 19.2 Å². The molecular formula is C19H19ClFN7O5S. The molecule has 0 bridgehead atoms. The maximum absolute atomic E-state index is 13.2. The highest BCUT2D eigenvalue weighted by atomic mass is 35.5. The first kappa shape index (κ1) is 23.5. The molecule has 0 atom stereocenters. The van der Waals surface area contributed by atoms with Crippen molar-refractivity contribution in [2.75, 3.05) is 32.2 Å². The summed E-state index contributed by atoms with van der Waals surface area (Å²) in [7, 11) is 0.0527. The summed E-state index contributed by atoms with van der Waals surface area (Å²) < 4.78 is 56.8. The van der Waals surface area contributed by atoms with Crippen LogP contribution in [0.5, 0.6) is 17.5 Å². The number of nitrogens with one attached hydrogen (secondary N) is 2. The number of hydrogen-bond donors (Lipinski definition) is 2. The number of ether oxygens (including phenoxy) is 3. The number of anilines is 1. The van der Waals surface area contributed by atoms with E-state index < -0.39 is 16.7 Å². The molecule has 0 saturated heterocycles. The van der Waals surface area contributed by atoms with E-state index in [-0.39, 0.29) is 35.0 Å². The van der Waals surface area contributed by atoms with Crippen LogP contribution < -0.4 is 18.9 Å². The molecule has 180 valence electrons. The van der Waals surface area contributed by atoms with E-state index in [1.54, 1.807) is 19.2 Å². The third-order valence-electron chi connectivity index (χ3n) is 4.65. The molecule has 0 spiro atoms. The van der Waals surface area contributed by atoms with Crippen LogP contribution >= 0.6 is 11.6 Å². The Morgan fingerprint density at radius 2 is 1.91 bits per heavy atom. The minimum atomic E-state index is -4.19. The van der Waals surface area contributed by atoms with E-state index in [1.807, 2.05) is 0 Å². The lowest BCUT2D eigenvalue weighted by molar-refractivity contribution is 0.240. The Morgan fingerprint density at radius 1 is 1.21 bits per heavy atom. The lowest BCUT2D eigenvalue weighted by Crippen LogP contribution is -2.16. The molecule has 0 amide bonds. The van der Waals surface area contributed by atoms with Crippen molar-refractivity contribution in [2.24, 2.45) is 7.05 Å². The number of benzene rings is 1. The van der Waals surface area contributed by atoms with E-state index in [2.05, 4.69) is 29.9 Å². The summed E-state index contributed by atoms with van der Waals surface area (Å²) in [4.78, 5) is 12.2. The van der Waals surface area contributed by atoms with Crippen LogP contribution in [0.4, 0.5) is 10.3 Å². The van der Waals surface area contributed by atoms with E-state index in [0.29, 0.717) is 27.2 Å². The van der Waals surface area contributed by atoms with E-state index >= 15 is 0 Å². The van der Waals surface area contributed by atoms with Crippen molar-refractivity contribution in [3.63, 3.8) is 0 Å². The van der Waals surface area contributed by atoms with Gasteiger partial charge in [-0.3, -0.25) is 0 Å². The van der Waals surface area contributed by atoms with Gasteiger partial charge in [-0.2, -0.15) is 25.0 Å². The summed E-state index contributed by atoms with van der Waals surface area (Å²) in [5.74, 6) is -0.651. The number of halogens is 2. The Balaban J connectivity index is 1.75. The minimum absolute atomic E-state index is 0.0547. The first-order valence-electron chi connectivity index (χ1n) is 9.67. The van der Waals surface area contributed by atoms with Gasteiger partial charge in [-0.25, -0.2) is 17.5 Å². The van der Waals surface area contributed by atoms with Gasteiger partial charge in [-0.05, 0) is 12.1 Å². The molecule has 0 aliphatic rings. The van der Waals surface area contributed by atoms with Gasteiger partial charge in [-0.1, -0.05) is 11.6 Å². The summed E-state index contributed by atoms with van der Waals surface area (Å²) in [6.45, 7) is -1.05. The highest BCUT2D eigenvalue weighted by molar-refractivity contribution is 7.93. The lowest BCUT2D eigenvalue weighted by atomic mass is 10.1. The molecule has 12 nitrogen and oxygen atoms in total. The molecule has 3 heterocycles. The summed E-state index contributed by atoms with van der Waals surface area (Å²) in [6, 6.07) is 3.14. The van der Waals surface area contributed by atoms with E-state index in [1.165, 1.54) is 31.4 Å². The zero-order valence-electron chi connectivity index (χ0n) is 18.2. The number of H-pyrrole nitrogens is 1. The van der Waals surface area contributed by atoms with Crippen molar-refractivity contribution in [2.45, 2.75) is 4.90 Å². The summed E-state index contributed by atoms with van der Waals surface area (Å²) in [6.07, 6.45) is 2.84. The zero-order valence-corrected chi connectivity index (χ0v) is 19.7. The molecule has 0 aliphatic heterocycles. The van der Waals surface area contributed by atoms with Crippen molar-refractivity contribution in [3.8, 4) is 28.8 Å². The van der Waals surface area contributed by atoms with E-state index in [9.17, 15) is 12.8 Å². The molecule has 0 aliphatic carbocycles. The topological polar surface area (TPSA) is 146 Å². The fourth-order valence-electron chi connectivity index (χ4n) is 3.25. The normalized spacial score (nSPS) is 11.6. The summed E-state index contributed by atoms with van der Waals surface area (Å²) in [5, 5.41) is 9.02. The SMILES string of the molecule is COc1nc(NS(=O)(=O)c2c[nH]c3c(-c4cnn(C)n4)c(Cl)ccc23)nc(OC)c1OCCF. The van der Waals surface area contributed by atoms with Crippen LogP contribution in [0.25, 0.3) is 22.2 Å². The van der Waals surface area contributed by atoms with Crippen LogP contribution in [0.15, 0.2) is 29.4 Å². The quantitative estimate of drug-likeness (QED) is 0.346. The molecule has 0 unspecified atom stereocenters. The predicted octanol–water partition coefficient (Wildman–Crippen LogP) is 2.57. The fraction of sp³-hybridized carbons (Fsp3) is 0.263. The van der Waals surface area contributed by atoms with Crippen molar-refractivity contribution >= 4 is 38.5 Å². The van der Waals surface area contributed by atoms with Crippen molar-refractivity contribution in [3.05, 3.63) is 29.5 Å². The van der Waals surface area contributed by atoms with E-state index in [4.69, 9.17) is 25.8 Å². The van der Waals surface area contributed by atoms with Gasteiger partial charge in [0, 0.05) is 24.2 Å². The number of aryl methyl sites for hydroxylation is 1. The molecule has 0 fully saturated rings. The van der Waals surface area contributed by atoms with Crippen molar-refractivity contribution in [1.29, 1.82) is 0 Å². The second-order valence-electron chi connectivity index (χ2n) is 6.75. The standard InChI is InChI=1S/C19H19ClFN7O5S/c1-28-23-8-12(26-28)14-11(20)5-4-10-13(9-22-15(10)14)34(29,30)27-19-24-17(31-2)16(33-7-6-21)18(25-19)32-3/h4-5,8-9,22H,6-7H2,1-3H3,(H,24,25,27). The lowest BCUT2D eigenvalue weighted by Gasteiger charge is -2.14. The van der Waals surface area contributed by atoms with Crippen molar-refractivity contribution < 1.29 is 27.0 Å². The maximum atomic E-state index is 13.2. The Morgan fingerprint density at radius 3 is 2.50 bits per heavy atom. The third-order valence-corrected chi connectivity index (χ3v) is 6.34. The van der Waals surface area contributed by atoms with Crippen molar-refractivity contribution in [1.82, 2.24) is 29.9 Å². The average molecular weight is 512 g/mol. The van der Waals surface area contributed by atoms with Gasteiger partial charge in [-0.15, -0.1) is 0 Å². The number of aromatic amines is 1. The number of alkyl halides is 1. The van der Waals surface area contributed by atoms with Gasteiger partial charge in [0.15, 0.2) is 0 Å². The zero-order chi connectivity index (χ0) is 24.5. The molecule has 15 heteroatoms. The molecule has 0 saturated carbocycles. The second kappa shape index (κ2) is 9.30. The number of fused-ring (bicyclic) bond motifs is 1. The first-order valence-corrected chi connectivity index (χ1v) is 11.5. The molecule has 4 rings (SSSR count). The Kier molecular flexibility index (Phi) is 6.43. The number of rotatable bonds is 9. The van der Waals surface area contributed by atoms with E-state index in [0.717, 1.165) is 0 Å². The number of methoxy groups -OCH3 is 2. The van der Waals surface area contributed by atoms with Gasteiger partial charge in [0.2, 0.25) is 11.7 Å². The number of sulfonamides is 1. The Bertz CT molecular complexity index is 1430. The molecule has 4 aromatic rings. The molecule has 3 aromatic heterocycles. The second-order valence-corrected chi connectivity index (χ2v) is 8.81. The number of nitrogens with zero attached hydrogens (tertiary/aromatic N) is 5. The van der Waals surface area contributed by atoms with Crippen LogP contribution in [0.2, 0.25) is 5.02 Å². The number of aromatic nitrogens is 6. The summed E-state index contributed by atoms with van der Waals surface area (Å²) >= 11 is 6.37. The van der Waals surface area contributed by atoms with Crippen LogP contribution in [-0.2, 0) is 17.1 Å². The maximum Gasteiger partial charge on any atom is 0.266 e. The highest BCUT2D eigenvalue weighted by Crippen LogP contribution is 2.38. The van der Waals surface area contributed by atoms with Gasteiger partial charge in [0.25, 0.3) is 21.8 Å². The molecule has 34 heavy (non-hydrogen) atoms.